The molecule has 2 unspecified atom stereocenters. The van der Waals surface area contributed by atoms with Gasteiger partial charge in [-0.15, -0.1) is 0 Å². The first-order valence-electron chi connectivity index (χ1n) is 6.08. The summed E-state index contributed by atoms with van der Waals surface area (Å²) in [6.07, 6.45) is 0.292. The van der Waals surface area contributed by atoms with E-state index in [2.05, 4.69) is 0 Å². The maximum atomic E-state index is 12.0. The van der Waals surface area contributed by atoms with E-state index >= 15 is 0 Å². The second-order valence-electron chi connectivity index (χ2n) is 4.42. The lowest BCUT2D eigenvalue weighted by Crippen LogP contribution is -2.20. The fourth-order valence-corrected chi connectivity index (χ4v) is 2.05. The molecule has 1 aliphatic heterocycles. The highest BCUT2D eigenvalue weighted by molar-refractivity contribution is 5.79. The third-order valence-electron chi connectivity index (χ3n) is 2.94. The van der Waals surface area contributed by atoms with E-state index in [0.29, 0.717) is 6.42 Å². The van der Waals surface area contributed by atoms with Crippen LogP contribution in [0.3, 0.4) is 0 Å². The van der Waals surface area contributed by atoms with E-state index in [9.17, 15) is 9.59 Å². The maximum absolute atomic E-state index is 12.0. The van der Waals surface area contributed by atoms with Gasteiger partial charge in [-0.3, -0.25) is 9.59 Å². The molecule has 1 aromatic carbocycles. The van der Waals surface area contributed by atoms with E-state index < -0.39 is 0 Å². The minimum Gasteiger partial charge on any atom is -0.465 e. The largest absolute Gasteiger partial charge is 0.465 e. The van der Waals surface area contributed by atoms with Gasteiger partial charge in [-0.1, -0.05) is 30.3 Å². The van der Waals surface area contributed by atoms with Crippen molar-refractivity contribution in [2.24, 2.45) is 0 Å². The van der Waals surface area contributed by atoms with Gasteiger partial charge in [0.05, 0.1) is 12.3 Å². The quantitative estimate of drug-likeness (QED) is 0.714. The summed E-state index contributed by atoms with van der Waals surface area (Å²) < 4.78 is 10.3. The number of hydrogen-bond acceptors (Lipinski definition) is 4. The molecule has 0 aromatic heterocycles. The Morgan fingerprint density at radius 2 is 1.89 bits per heavy atom. The molecule has 1 fully saturated rings. The van der Waals surface area contributed by atoms with E-state index in [1.165, 1.54) is 0 Å². The first-order chi connectivity index (χ1) is 8.66. The normalized spacial score (nSPS) is 25.4. The molecule has 0 aliphatic carbocycles. The highest BCUT2D eigenvalue weighted by Crippen LogP contribution is 2.25. The Morgan fingerprint density at radius 1 is 1.17 bits per heavy atom. The number of esters is 2. The average Bonchev–Trinajstić information content (AvgIpc) is 2.41. The first-order valence-corrected chi connectivity index (χ1v) is 6.08. The topological polar surface area (TPSA) is 52.6 Å². The molecule has 4 nitrogen and oxygen atoms in total. The van der Waals surface area contributed by atoms with Crippen LogP contribution in [-0.2, 0) is 19.1 Å². The summed E-state index contributed by atoms with van der Waals surface area (Å²) in [5.41, 5.74) is 0.896. The van der Waals surface area contributed by atoms with Gasteiger partial charge in [0.25, 0.3) is 0 Å². The Labute approximate surface area is 106 Å². The molecule has 0 bridgehead atoms. The van der Waals surface area contributed by atoms with Gasteiger partial charge in [0.15, 0.2) is 0 Å². The number of rotatable bonds is 1. The zero-order valence-corrected chi connectivity index (χ0v) is 10.3. The van der Waals surface area contributed by atoms with E-state index in [4.69, 9.17) is 9.47 Å². The monoisotopic (exact) mass is 248 g/mol. The van der Waals surface area contributed by atoms with Crippen LogP contribution in [0, 0.1) is 0 Å². The van der Waals surface area contributed by atoms with Gasteiger partial charge in [-0.25, -0.2) is 0 Å². The molecule has 0 amide bonds. The van der Waals surface area contributed by atoms with Gasteiger partial charge in [0, 0.05) is 6.42 Å². The van der Waals surface area contributed by atoms with Gasteiger partial charge < -0.3 is 9.47 Å². The molecule has 1 heterocycles. The van der Waals surface area contributed by atoms with Crippen molar-refractivity contribution in [2.75, 3.05) is 6.61 Å². The van der Waals surface area contributed by atoms with E-state index in [1.54, 1.807) is 6.92 Å². The summed E-state index contributed by atoms with van der Waals surface area (Å²) in [6.45, 7) is 1.89. The van der Waals surface area contributed by atoms with Crippen molar-refractivity contribution in [3.8, 4) is 0 Å². The molecule has 4 heteroatoms. The number of ether oxygens (including phenoxy) is 2. The summed E-state index contributed by atoms with van der Waals surface area (Å²) in [4.78, 5) is 23.3. The molecule has 96 valence electrons. The van der Waals surface area contributed by atoms with Crippen LogP contribution in [0.15, 0.2) is 30.3 Å². The molecule has 0 N–H and O–H groups in total. The number of hydrogen-bond donors (Lipinski definition) is 0. The molecular formula is C14H16O4. The van der Waals surface area contributed by atoms with Gasteiger partial charge >= 0.3 is 11.9 Å². The fraction of sp³-hybridized carbons (Fsp3) is 0.429. The molecule has 2 atom stereocenters. The summed E-state index contributed by atoms with van der Waals surface area (Å²) in [6, 6.07) is 9.43. The summed E-state index contributed by atoms with van der Waals surface area (Å²) >= 11 is 0. The van der Waals surface area contributed by atoms with Crippen LogP contribution in [0.5, 0.6) is 0 Å². The van der Waals surface area contributed by atoms with Crippen LogP contribution in [0.1, 0.15) is 31.2 Å². The molecule has 2 rings (SSSR count). The number of cyclic esters (lactones) is 2. The Bertz CT molecular complexity index is 427. The van der Waals surface area contributed by atoms with E-state index in [-0.39, 0.29) is 37.0 Å². The highest BCUT2D eigenvalue weighted by Gasteiger charge is 2.27. The average molecular weight is 248 g/mol. The molecule has 1 aliphatic rings. The SMILES string of the molecule is CC1CC(c2ccccc2)C(=O)OCCC(=O)O1. The van der Waals surface area contributed by atoms with Crippen LogP contribution >= 0.6 is 0 Å². The molecule has 0 spiro atoms. The Morgan fingerprint density at radius 3 is 2.61 bits per heavy atom. The minimum atomic E-state index is -0.368. The molecule has 18 heavy (non-hydrogen) atoms. The first kappa shape index (κ1) is 12.6. The standard InChI is InChI=1S/C14H16O4/c1-10-9-12(11-5-3-2-4-6-11)14(16)17-8-7-13(15)18-10/h2-6,10,12H,7-9H2,1H3. The third kappa shape index (κ3) is 3.09. The van der Waals surface area contributed by atoms with Crippen molar-refractivity contribution in [1.82, 2.24) is 0 Å². The van der Waals surface area contributed by atoms with E-state index in [0.717, 1.165) is 5.56 Å². The molecule has 1 saturated heterocycles. The van der Waals surface area contributed by atoms with Gasteiger partial charge in [-0.2, -0.15) is 0 Å². The van der Waals surface area contributed by atoms with Gasteiger partial charge in [0.1, 0.15) is 12.7 Å². The van der Waals surface area contributed by atoms with Crippen molar-refractivity contribution in [3.63, 3.8) is 0 Å². The van der Waals surface area contributed by atoms with E-state index in [1.807, 2.05) is 30.3 Å². The lowest BCUT2D eigenvalue weighted by Gasteiger charge is -2.18. The second-order valence-corrected chi connectivity index (χ2v) is 4.42. The number of carbonyl (C=O) groups is 2. The van der Waals surface area contributed by atoms with Crippen LogP contribution in [0.25, 0.3) is 0 Å². The Kier molecular flexibility index (Phi) is 3.97. The summed E-state index contributed by atoms with van der Waals surface area (Å²) in [5, 5.41) is 0. The molecule has 1 aromatic rings. The predicted octanol–water partition coefficient (Wildman–Crippen LogP) is 2.04. The summed E-state index contributed by atoms with van der Waals surface area (Å²) in [7, 11) is 0. The highest BCUT2D eigenvalue weighted by atomic mass is 16.6. The van der Waals surface area contributed by atoms with Gasteiger partial charge in [-0.05, 0) is 12.5 Å². The van der Waals surface area contributed by atoms with Crippen molar-refractivity contribution in [1.29, 1.82) is 0 Å². The molecule has 0 radical (unpaired) electrons. The number of carbonyl (C=O) groups excluding carboxylic acids is 2. The smallest absolute Gasteiger partial charge is 0.313 e. The lowest BCUT2D eigenvalue weighted by molar-refractivity contribution is -0.149. The second kappa shape index (κ2) is 5.67. The van der Waals surface area contributed by atoms with Crippen LogP contribution in [0.2, 0.25) is 0 Å². The van der Waals surface area contributed by atoms with Gasteiger partial charge in [0.2, 0.25) is 0 Å². The lowest BCUT2D eigenvalue weighted by atomic mass is 9.93. The predicted molar refractivity (Wildman–Crippen MR) is 64.9 cm³/mol. The number of benzene rings is 1. The minimum absolute atomic E-state index is 0.0910. The summed E-state index contributed by atoms with van der Waals surface area (Å²) in [5.74, 6) is -0.970. The molecule has 0 saturated carbocycles. The van der Waals surface area contributed by atoms with Crippen molar-refractivity contribution in [3.05, 3.63) is 35.9 Å². The third-order valence-corrected chi connectivity index (χ3v) is 2.94. The Hall–Kier alpha value is -1.84. The van der Waals surface area contributed by atoms with Crippen molar-refractivity contribution in [2.45, 2.75) is 31.8 Å². The fourth-order valence-electron chi connectivity index (χ4n) is 2.05. The van der Waals surface area contributed by atoms with Crippen molar-refractivity contribution >= 4 is 11.9 Å². The van der Waals surface area contributed by atoms with Crippen LogP contribution in [-0.4, -0.2) is 24.6 Å². The maximum Gasteiger partial charge on any atom is 0.313 e. The van der Waals surface area contributed by atoms with Crippen LogP contribution in [0.4, 0.5) is 0 Å². The zero-order chi connectivity index (χ0) is 13.0. The van der Waals surface area contributed by atoms with Crippen LogP contribution < -0.4 is 0 Å². The zero-order valence-electron chi connectivity index (χ0n) is 10.3. The Balaban J connectivity index is 2.20. The van der Waals surface area contributed by atoms with Crippen molar-refractivity contribution < 1.29 is 19.1 Å². The molecular weight excluding hydrogens is 232 g/mol.